The van der Waals surface area contributed by atoms with Crippen LogP contribution < -0.4 is 5.32 Å². The van der Waals surface area contributed by atoms with E-state index in [9.17, 15) is 4.79 Å². The monoisotopic (exact) mass is 436 g/mol. The lowest BCUT2D eigenvalue weighted by Gasteiger charge is -2.36. The van der Waals surface area contributed by atoms with Gasteiger partial charge in [0.15, 0.2) is 5.76 Å². The third kappa shape index (κ3) is 4.20. The van der Waals surface area contributed by atoms with E-state index in [1.165, 1.54) is 46.2 Å². The van der Waals surface area contributed by atoms with Gasteiger partial charge in [0.05, 0.1) is 25.5 Å². The van der Waals surface area contributed by atoms with E-state index in [1.54, 1.807) is 23.5 Å². The van der Waals surface area contributed by atoms with Crippen LogP contribution in [0, 0.1) is 6.92 Å². The fourth-order valence-corrected chi connectivity index (χ4v) is 6.01. The SMILES string of the molecule is Cc1ccc([C@H](c2c(NC(=O)c3ccco3)sc3c2CCCC3)N2CCOCC2)cc1. The van der Waals surface area contributed by atoms with Gasteiger partial charge in [0.25, 0.3) is 5.91 Å². The summed E-state index contributed by atoms with van der Waals surface area (Å²) in [4.78, 5) is 16.8. The van der Waals surface area contributed by atoms with E-state index >= 15 is 0 Å². The molecule has 1 fully saturated rings. The Bertz CT molecular complexity index is 1030. The predicted octanol–water partition coefficient (Wildman–Crippen LogP) is 5.20. The second kappa shape index (κ2) is 8.99. The minimum atomic E-state index is -0.186. The molecule has 31 heavy (non-hydrogen) atoms. The molecule has 1 atom stereocenters. The average Bonchev–Trinajstić information content (AvgIpc) is 3.45. The van der Waals surface area contributed by atoms with E-state index in [2.05, 4.69) is 41.4 Å². The molecule has 0 saturated carbocycles. The molecule has 2 aliphatic rings. The normalized spacial score (nSPS) is 17.8. The highest BCUT2D eigenvalue weighted by Crippen LogP contribution is 2.45. The van der Waals surface area contributed by atoms with Crippen molar-refractivity contribution in [3.8, 4) is 0 Å². The van der Waals surface area contributed by atoms with Crippen LogP contribution in [-0.2, 0) is 17.6 Å². The molecule has 1 saturated heterocycles. The van der Waals surface area contributed by atoms with E-state index in [0.29, 0.717) is 5.76 Å². The van der Waals surface area contributed by atoms with Crippen molar-refractivity contribution in [3.05, 3.63) is 75.6 Å². The number of nitrogens with zero attached hydrogens (tertiary/aromatic N) is 1. The van der Waals surface area contributed by atoms with Crippen LogP contribution in [0.15, 0.2) is 47.1 Å². The molecule has 6 heteroatoms. The molecule has 0 spiro atoms. The van der Waals surface area contributed by atoms with Crippen molar-refractivity contribution in [3.63, 3.8) is 0 Å². The summed E-state index contributed by atoms with van der Waals surface area (Å²) in [5.74, 6) is 0.157. The summed E-state index contributed by atoms with van der Waals surface area (Å²) in [6, 6.07) is 12.4. The Morgan fingerprint density at radius 1 is 1.10 bits per heavy atom. The van der Waals surface area contributed by atoms with Crippen LogP contribution in [0.25, 0.3) is 0 Å². The molecule has 0 bridgehead atoms. The zero-order chi connectivity index (χ0) is 21.2. The van der Waals surface area contributed by atoms with Gasteiger partial charge >= 0.3 is 0 Å². The summed E-state index contributed by atoms with van der Waals surface area (Å²) in [6.45, 7) is 5.37. The van der Waals surface area contributed by atoms with Crippen LogP contribution in [0.4, 0.5) is 5.00 Å². The molecule has 1 aromatic carbocycles. The molecule has 3 heterocycles. The summed E-state index contributed by atoms with van der Waals surface area (Å²) in [7, 11) is 0. The number of fused-ring (bicyclic) bond motifs is 1. The molecular formula is C25H28N2O3S. The second-order valence-electron chi connectivity index (χ2n) is 8.35. The maximum absolute atomic E-state index is 12.9. The third-order valence-electron chi connectivity index (χ3n) is 6.26. The predicted molar refractivity (Wildman–Crippen MR) is 123 cm³/mol. The second-order valence-corrected chi connectivity index (χ2v) is 9.45. The minimum Gasteiger partial charge on any atom is -0.459 e. The number of hydrogen-bond donors (Lipinski definition) is 1. The number of benzene rings is 1. The Labute approximate surface area is 187 Å². The van der Waals surface area contributed by atoms with Crippen molar-refractivity contribution >= 4 is 22.2 Å². The number of furan rings is 1. The largest absolute Gasteiger partial charge is 0.459 e. The maximum atomic E-state index is 12.9. The number of anilines is 1. The van der Waals surface area contributed by atoms with E-state index < -0.39 is 0 Å². The van der Waals surface area contributed by atoms with Crippen LogP contribution in [0.5, 0.6) is 0 Å². The quantitative estimate of drug-likeness (QED) is 0.597. The lowest BCUT2D eigenvalue weighted by molar-refractivity contribution is 0.0239. The first-order valence-corrected chi connectivity index (χ1v) is 11.9. The highest BCUT2D eigenvalue weighted by molar-refractivity contribution is 7.16. The Kier molecular flexibility index (Phi) is 5.94. The first-order chi connectivity index (χ1) is 15.2. The highest BCUT2D eigenvalue weighted by Gasteiger charge is 2.33. The van der Waals surface area contributed by atoms with Gasteiger partial charge in [0.1, 0.15) is 5.00 Å². The van der Waals surface area contributed by atoms with Gasteiger partial charge in [-0.1, -0.05) is 29.8 Å². The number of amides is 1. The van der Waals surface area contributed by atoms with E-state index in [4.69, 9.17) is 9.15 Å². The molecule has 3 aromatic rings. The van der Waals surface area contributed by atoms with Gasteiger partial charge in [-0.25, -0.2) is 0 Å². The van der Waals surface area contributed by atoms with E-state index in [-0.39, 0.29) is 11.9 Å². The van der Waals surface area contributed by atoms with Gasteiger partial charge in [-0.3, -0.25) is 9.69 Å². The van der Waals surface area contributed by atoms with Crippen molar-refractivity contribution in [1.29, 1.82) is 0 Å². The van der Waals surface area contributed by atoms with E-state index in [1.807, 2.05) is 0 Å². The van der Waals surface area contributed by atoms with Crippen molar-refractivity contribution in [1.82, 2.24) is 4.90 Å². The van der Waals surface area contributed by atoms with Crippen LogP contribution in [-0.4, -0.2) is 37.1 Å². The Hall–Kier alpha value is -2.41. The summed E-state index contributed by atoms with van der Waals surface area (Å²) < 4.78 is 11.0. The molecular weight excluding hydrogens is 408 g/mol. The standard InChI is InChI=1S/C25H28N2O3S/c1-17-8-10-18(11-9-17)23(27-12-15-29-16-13-27)22-19-5-2-3-7-21(19)31-25(22)26-24(28)20-6-4-14-30-20/h4,6,8-11,14,23H,2-3,5,7,12-13,15-16H2,1H3,(H,26,28)/t23-/m1/s1. The van der Waals surface area contributed by atoms with Crippen molar-refractivity contribution in [2.24, 2.45) is 0 Å². The molecule has 1 aliphatic carbocycles. The van der Waals surface area contributed by atoms with E-state index in [0.717, 1.165) is 44.1 Å². The minimum absolute atomic E-state index is 0.106. The number of morpholine rings is 1. The van der Waals surface area contributed by atoms with Gasteiger partial charge in [-0.15, -0.1) is 11.3 Å². The van der Waals surface area contributed by atoms with Crippen LogP contribution >= 0.6 is 11.3 Å². The van der Waals surface area contributed by atoms with Crippen LogP contribution in [0.2, 0.25) is 0 Å². The zero-order valence-electron chi connectivity index (χ0n) is 17.9. The number of carbonyl (C=O) groups excluding carboxylic acids is 1. The molecule has 0 unspecified atom stereocenters. The van der Waals surface area contributed by atoms with Gasteiger partial charge in [-0.2, -0.15) is 0 Å². The molecule has 1 N–H and O–H groups in total. The molecule has 5 rings (SSSR count). The molecule has 0 radical (unpaired) electrons. The van der Waals surface area contributed by atoms with Gasteiger partial charge in [0, 0.05) is 23.5 Å². The summed E-state index contributed by atoms with van der Waals surface area (Å²) in [5.41, 5.74) is 5.23. The fraction of sp³-hybridized carbons (Fsp3) is 0.400. The summed E-state index contributed by atoms with van der Waals surface area (Å²) in [5, 5.41) is 4.16. The number of hydrogen-bond acceptors (Lipinski definition) is 5. The number of ether oxygens (including phenoxy) is 1. The molecule has 2 aromatic heterocycles. The summed E-state index contributed by atoms with van der Waals surface area (Å²) in [6.07, 6.45) is 6.12. The molecule has 1 amide bonds. The number of aryl methyl sites for hydroxylation is 2. The fourth-order valence-electron chi connectivity index (χ4n) is 4.69. The van der Waals surface area contributed by atoms with Crippen molar-refractivity contribution in [2.75, 3.05) is 31.6 Å². The first kappa shape index (κ1) is 20.5. The zero-order valence-corrected chi connectivity index (χ0v) is 18.7. The number of carbonyl (C=O) groups is 1. The van der Waals surface area contributed by atoms with Gasteiger partial charge in [-0.05, 0) is 55.9 Å². The first-order valence-electron chi connectivity index (χ1n) is 11.1. The molecule has 5 nitrogen and oxygen atoms in total. The Morgan fingerprint density at radius 2 is 1.87 bits per heavy atom. The van der Waals surface area contributed by atoms with Crippen molar-refractivity contribution in [2.45, 2.75) is 38.6 Å². The lowest BCUT2D eigenvalue weighted by Crippen LogP contribution is -2.40. The number of nitrogens with one attached hydrogen (secondary N) is 1. The summed E-state index contributed by atoms with van der Waals surface area (Å²) >= 11 is 1.75. The van der Waals surface area contributed by atoms with Crippen LogP contribution in [0.1, 0.15) is 56.6 Å². The average molecular weight is 437 g/mol. The van der Waals surface area contributed by atoms with Crippen LogP contribution in [0.3, 0.4) is 0 Å². The van der Waals surface area contributed by atoms with Gasteiger partial charge < -0.3 is 14.5 Å². The smallest absolute Gasteiger partial charge is 0.291 e. The molecule has 162 valence electrons. The molecule has 1 aliphatic heterocycles. The lowest BCUT2D eigenvalue weighted by atomic mass is 9.88. The van der Waals surface area contributed by atoms with Gasteiger partial charge in [0.2, 0.25) is 0 Å². The van der Waals surface area contributed by atoms with Crippen molar-refractivity contribution < 1.29 is 13.9 Å². The third-order valence-corrected chi connectivity index (χ3v) is 7.48. The highest BCUT2D eigenvalue weighted by atomic mass is 32.1. The maximum Gasteiger partial charge on any atom is 0.291 e. The number of rotatable bonds is 5. The number of thiophene rings is 1. The Morgan fingerprint density at radius 3 is 2.61 bits per heavy atom. The topological polar surface area (TPSA) is 54.7 Å². The Balaban J connectivity index is 1.60.